The van der Waals surface area contributed by atoms with E-state index in [1.165, 1.54) is 36.4 Å². The van der Waals surface area contributed by atoms with Gasteiger partial charge in [0.05, 0.1) is 33.4 Å². The molecule has 0 radical (unpaired) electrons. The van der Waals surface area contributed by atoms with Crippen LogP contribution in [0, 0.1) is 0 Å². The summed E-state index contributed by atoms with van der Waals surface area (Å²) in [5.41, 5.74) is -1.08. The molecule has 1 atom stereocenters. The van der Waals surface area contributed by atoms with E-state index in [2.05, 4.69) is 5.32 Å². The lowest BCUT2D eigenvalue weighted by molar-refractivity contribution is -0.137. The van der Waals surface area contributed by atoms with Crippen LogP contribution in [-0.2, 0) is 21.0 Å². The molecule has 1 aliphatic heterocycles. The normalized spacial score (nSPS) is 15.9. The molecule has 1 unspecified atom stereocenters. The third kappa shape index (κ3) is 4.79. The maximum Gasteiger partial charge on any atom is 0.416 e. The number of amides is 1. The zero-order valence-electron chi connectivity index (χ0n) is 17.0. The van der Waals surface area contributed by atoms with Gasteiger partial charge in [0.25, 0.3) is 15.9 Å². The largest absolute Gasteiger partial charge is 0.476 e. The molecule has 1 amide bonds. The molecule has 0 saturated heterocycles. The molecule has 4 rings (SSSR count). The molecule has 0 saturated carbocycles. The zero-order chi connectivity index (χ0) is 24.7. The molecule has 0 fully saturated rings. The average Bonchev–Trinajstić information content (AvgIpc) is 2.79. The smallest absolute Gasteiger partial charge is 0.416 e. The fourth-order valence-corrected chi connectivity index (χ4v) is 5.08. The van der Waals surface area contributed by atoms with Gasteiger partial charge in [0, 0.05) is 5.02 Å². The summed E-state index contributed by atoms with van der Waals surface area (Å²) in [6.07, 6.45) is -6.02. The van der Waals surface area contributed by atoms with Gasteiger partial charge in [0.1, 0.15) is 5.75 Å². The second-order valence-electron chi connectivity index (χ2n) is 7.25. The number of nitrogens with zero attached hydrogens (tertiary/aromatic N) is 1. The van der Waals surface area contributed by atoms with Gasteiger partial charge in [-0.3, -0.25) is 9.10 Å². The summed E-state index contributed by atoms with van der Waals surface area (Å²) in [6.45, 7) is -0.426. The molecule has 1 heterocycles. The number of fused-ring (bicyclic) bond motifs is 1. The van der Waals surface area contributed by atoms with Crippen LogP contribution in [0.25, 0.3) is 0 Å². The van der Waals surface area contributed by atoms with Crippen LogP contribution in [0.3, 0.4) is 0 Å². The van der Waals surface area contributed by atoms with Gasteiger partial charge in [-0.15, -0.1) is 0 Å². The van der Waals surface area contributed by atoms with Crippen molar-refractivity contribution in [3.63, 3.8) is 0 Å². The molecule has 0 bridgehead atoms. The molecule has 6 nitrogen and oxygen atoms in total. The predicted octanol–water partition coefficient (Wildman–Crippen LogP) is 5.61. The topological polar surface area (TPSA) is 75.7 Å². The molecule has 3 aromatic rings. The molecule has 12 heteroatoms. The summed E-state index contributed by atoms with van der Waals surface area (Å²) in [6, 6.07) is 14.2. The van der Waals surface area contributed by atoms with E-state index in [4.69, 9.17) is 27.9 Å². The van der Waals surface area contributed by atoms with Crippen LogP contribution < -0.4 is 14.4 Å². The molecule has 34 heavy (non-hydrogen) atoms. The van der Waals surface area contributed by atoms with Crippen molar-refractivity contribution in [3.8, 4) is 5.75 Å². The zero-order valence-corrected chi connectivity index (χ0v) is 19.3. The lowest BCUT2D eigenvalue weighted by atomic mass is 10.1. The summed E-state index contributed by atoms with van der Waals surface area (Å²) in [5.74, 6) is -0.756. The Morgan fingerprint density at radius 3 is 2.38 bits per heavy atom. The van der Waals surface area contributed by atoms with Gasteiger partial charge in [-0.1, -0.05) is 35.3 Å². The van der Waals surface area contributed by atoms with Gasteiger partial charge in [-0.25, -0.2) is 8.42 Å². The van der Waals surface area contributed by atoms with Crippen LogP contribution in [0.2, 0.25) is 10.0 Å². The van der Waals surface area contributed by atoms with Crippen LogP contribution in [0.15, 0.2) is 71.6 Å². The van der Waals surface area contributed by atoms with Gasteiger partial charge in [-0.2, -0.15) is 13.2 Å². The highest BCUT2D eigenvalue weighted by molar-refractivity contribution is 7.92. The molecular formula is C22H15Cl2F3N2O4S. The van der Waals surface area contributed by atoms with E-state index in [1.807, 2.05) is 0 Å². The minimum atomic E-state index is -4.65. The van der Waals surface area contributed by atoms with Crippen LogP contribution in [0.1, 0.15) is 5.56 Å². The molecule has 0 aromatic heterocycles. The molecular weight excluding hydrogens is 516 g/mol. The second kappa shape index (κ2) is 9.01. The Morgan fingerprint density at radius 1 is 1.03 bits per heavy atom. The number of rotatable bonds is 4. The fourth-order valence-electron chi connectivity index (χ4n) is 3.31. The fraction of sp³-hybridized carbons (Fsp3) is 0.136. The van der Waals surface area contributed by atoms with Crippen LogP contribution in [0.4, 0.5) is 24.5 Å². The summed E-state index contributed by atoms with van der Waals surface area (Å²) in [5, 5.41) is 2.53. The number of halogens is 5. The number of ether oxygens (including phenoxy) is 1. The number of alkyl halides is 3. The Bertz CT molecular complexity index is 1350. The minimum absolute atomic E-state index is 0.0614. The highest BCUT2D eigenvalue weighted by atomic mass is 35.5. The number of hydrogen-bond donors (Lipinski definition) is 1. The van der Waals surface area contributed by atoms with Gasteiger partial charge < -0.3 is 10.1 Å². The molecule has 0 spiro atoms. The summed E-state index contributed by atoms with van der Waals surface area (Å²) in [7, 11) is -4.13. The average molecular weight is 531 g/mol. The summed E-state index contributed by atoms with van der Waals surface area (Å²) >= 11 is 11.8. The van der Waals surface area contributed by atoms with Crippen LogP contribution in [0.5, 0.6) is 5.75 Å². The highest BCUT2D eigenvalue weighted by Gasteiger charge is 2.38. The van der Waals surface area contributed by atoms with E-state index in [0.717, 1.165) is 16.4 Å². The third-order valence-electron chi connectivity index (χ3n) is 4.98. The van der Waals surface area contributed by atoms with Crippen molar-refractivity contribution < 1.29 is 31.1 Å². The number of para-hydroxylation sites is 2. The minimum Gasteiger partial charge on any atom is -0.476 e. The first-order chi connectivity index (χ1) is 16.0. The quantitative estimate of drug-likeness (QED) is 0.475. The van der Waals surface area contributed by atoms with Crippen molar-refractivity contribution in [1.29, 1.82) is 0 Å². The SMILES string of the molecule is O=C(Nc1cc(C(F)(F)F)ccc1Cl)C1CN(S(=O)(=O)c2ccc(Cl)cc2)c2ccccc2O1. The number of hydrogen-bond acceptors (Lipinski definition) is 4. The van der Waals surface area contributed by atoms with Crippen molar-refractivity contribution in [3.05, 3.63) is 82.3 Å². The van der Waals surface area contributed by atoms with E-state index >= 15 is 0 Å². The number of benzene rings is 3. The monoisotopic (exact) mass is 530 g/mol. The Morgan fingerprint density at radius 2 is 1.71 bits per heavy atom. The number of carbonyl (C=O) groups is 1. The third-order valence-corrected chi connectivity index (χ3v) is 7.36. The Labute approximate surface area is 202 Å². The van der Waals surface area contributed by atoms with Crippen molar-refractivity contribution in [1.82, 2.24) is 0 Å². The Hall–Kier alpha value is -2.95. The molecule has 3 aromatic carbocycles. The van der Waals surface area contributed by atoms with E-state index in [0.29, 0.717) is 11.1 Å². The van der Waals surface area contributed by atoms with E-state index in [9.17, 15) is 26.4 Å². The van der Waals surface area contributed by atoms with Gasteiger partial charge >= 0.3 is 6.18 Å². The van der Waals surface area contributed by atoms with Gasteiger partial charge in [0.2, 0.25) is 0 Å². The molecule has 1 N–H and O–H groups in total. The van der Waals surface area contributed by atoms with Crippen LogP contribution >= 0.6 is 23.2 Å². The molecule has 0 aliphatic carbocycles. The molecule has 178 valence electrons. The lowest BCUT2D eigenvalue weighted by Gasteiger charge is -2.34. The maximum atomic E-state index is 13.3. The molecule has 1 aliphatic rings. The van der Waals surface area contributed by atoms with Gasteiger partial charge in [-0.05, 0) is 54.6 Å². The lowest BCUT2D eigenvalue weighted by Crippen LogP contribution is -2.48. The van der Waals surface area contributed by atoms with Gasteiger partial charge in [0.15, 0.2) is 6.10 Å². The van der Waals surface area contributed by atoms with Crippen molar-refractivity contribution in [2.24, 2.45) is 0 Å². The maximum absolute atomic E-state index is 13.3. The van der Waals surface area contributed by atoms with Crippen LogP contribution in [-0.4, -0.2) is 27.0 Å². The predicted molar refractivity (Wildman–Crippen MR) is 122 cm³/mol. The number of nitrogens with one attached hydrogen (secondary N) is 1. The first kappa shape index (κ1) is 24.2. The highest BCUT2D eigenvalue weighted by Crippen LogP contribution is 2.38. The van der Waals surface area contributed by atoms with Crippen molar-refractivity contribution in [2.75, 3.05) is 16.2 Å². The first-order valence-electron chi connectivity index (χ1n) is 9.68. The van der Waals surface area contributed by atoms with E-state index < -0.39 is 40.3 Å². The van der Waals surface area contributed by atoms with E-state index in [1.54, 1.807) is 12.1 Å². The summed E-state index contributed by atoms with van der Waals surface area (Å²) in [4.78, 5) is 12.9. The number of sulfonamides is 1. The second-order valence-corrected chi connectivity index (χ2v) is 9.95. The van der Waals surface area contributed by atoms with E-state index in [-0.39, 0.29) is 27.0 Å². The standard InChI is InChI=1S/C22H15Cl2F3N2O4S/c23-14-6-8-15(9-7-14)34(31,32)29-12-20(33-19-4-2-1-3-18(19)29)21(30)28-17-11-13(22(25,26)27)5-10-16(17)24/h1-11,20H,12H2,(H,28,30). The number of anilines is 2. The Kier molecular flexibility index (Phi) is 6.41. The van der Waals surface area contributed by atoms with Crippen molar-refractivity contribution in [2.45, 2.75) is 17.2 Å². The summed E-state index contributed by atoms with van der Waals surface area (Å²) < 4.78 is 72.6. The number of carbonyl (C=O) groups excluding carboxylic acids is 1. The van der Waals surface area contributed by atoms with Crippen molar-refractivity contribution >= 4 is 50.5 Å². The first-order valence-corrected chi connectivity index (χ1v) is 11.9. The Balaban J connectivity index is 1.66.